The van der Waals surface area contributed by atoms with Crippen LogP contribution in [0.2, 0.25) is 10.0 Å². The van der Waals surface area contributed by atoms with E-state index in [2.05, 4.69) is 27.8 Å². The maximum absolute atomic E-state index is 12.9. The Labute approximate surface area is 220 Å². The number of anilines is 1. The molecule has 35 heavy (non-hydrogen) atoms. The standard InChI is InChI=1S/C25H29Cl2N5O2S/c1-5-16-9-7-8-10-20(16)28-21(33)14-35-25-31-30-23(32(25)6-2)22(15(3)4)29-24(34)17-11-12-18(26)19(27)13-17/h7-13,15,22H,5-6,14H2,1-4H3,(H,28,33)(H,29,34)/t22-/m0/s1. The molecule has 0 aliphatic carbocycles. The fourth-order valence-electron chi connectivity index (χ4n) is 3.59. The first kappa shape index (κ1) is 27.0. The molecule has 0 spiro atoms. The first-order valence-electron chi connectivity index (χ1n) is 11.4. The third-order valence-electron chi connectivity index (χ3n) is 5.48. The van der Waals surface area contributed by atoms with Crippen molar-refractivity contribution in [1.29, 1.82) is 0 Å². The van der Waals surface area contributed by atoms with E-state index in [-0.39, 0.29) is 29.5 Å². The number of para-hydroxylation sites is 1. The Morgan fingerprint density at radius 2 is 1.80 bits per heavy atom. The van der Waals surface area contributed by atoms with Crippen LogP contribution in [0, 0.1) is 5.92 Å². The van der Waals surface area contributed by atoms with E-state index in [1.807, 2.05) is 49.6 Å². The molecule has 1 atom stereocenters. The summed E-state index contributed by atoms with van der Waals surface area (Å²) < 4.78 is 1.93. The molecule has 10 heteroatoms. The molecule has 2 N–H and O–H groups in total. The number of hydrogen-bond acceptors (Lipinski definition) is 5. The maximum Gasteiger partial charge on any atom is 0.251 e. The van der Waals surface area contributed by atoms with Gasteiger partial charge >= 0.3 is 0 Å². The molecule has 3 rings (SSSR count). The molecule has 7 nitrogen and oxygen atoms in total. The van der Waals surface area contributed by atoms with E-state index in [1.54, 1.807) is 12.1 Å². The average Bonchev–Trinajstić information content (AvgIpc) is 3.25. The van der Waals surface area contributed by atoms with E-state index < -0.39 is 0 Å². The van der Waals surface area contributed by atoms with Crippen molar-refractivity contribution in [3.05, 3.63) is 69.5 Å². The highest BCUT2D eigenvalue weighted by molar-refractivity contribution is 7.99. The molecule has 0 radical (unpaired) electrons. The van der Waals surface area contributed by atoms with Gasteiger partial charge in [-0.05, 0) is 49.1 Å². The third-order valence-corrected chi connectivity index (χ3v) is 7.19. The normalized spacial score (nSPS) is 12.0. The monoisotopic (exact) mass is 533 g/mol. The zero-order chi connectivity index (χ0) is 25.5. The van der Waals surface area contributed by atoms with Gasteiger partial charge < -0.3 is 15.2 Å². The third kappa shape index (κ3) is 6.78. The summed E-state index contributed by atoms with van der Waals surface area (Å²) in [6.45, 7) is 8.62. The summed E-state index contributed by atoms with van der Waals surface area (Å²) in [5.41, 5.74) is 2.32. The fourth-order valence-corrected chi connectivity index (χ4v) is 4.70. The summed E-state index contributed by atoms with van der Waals surface area (Å²) in [4.78, 5) is 25.5. The van der Waals surface area contributed by atoms with Gasteiger partial charge in [0.2, 0.25) is 5.91 Å². The minimum absolute atomic E-state index is 0.0444. The van der Waals surface area contributed by atoms with Crippen LogP contribution in [-0.4, -0.2) is 32.3 Å². The van der Waals surface area contributed by atoms with E-state index in [0.717, 1.165) is 17.7 Å². The maximum atomic E-state index is 12.9. The van der Waals surface area contributed by atoms with E-state index in [9.17, 15) is 9.59 Å². The van der Waals surface area contributed by atoms with Gasteiger partial charge in [0.25, 0.3) is 5.91 Å². The Morgan fingerprint density at radius 1 is 1.06 bits per heavy atom. The molecule has 0 unspecified atom stereocenters. The Kier molecular flexibility index (Phi) is 9.60. The lowest BCUT2D eigenvalue weighted by atomic mass is 10.0. The van der Waals surface area contributed by atoms with Crippen LogP contribution in [0.15, 0.2) is 47.6 Å². The predicted octanol–water partition coefficient (Wildman–Crippen LogP) is 6.03. The molecule has 2 aromatic carbocycles. The molecule has 1 heterocycles. The topological polar surface area (TPSA) is 88.9 Å². The number of nitrogens with zero attached hydrogens (tertiary/aromatic N) is 3. The summed E-state index contributed by atoms with van der Waals surface area (Å²) in [5.74, 6) is 0.476. The molecule has 0 aliphatic heterocycles. The second kappa shape index (κ2) is 12.4. The molecule has 2 amide bonds. The zero-order valence-electron chi connectivity index (χ0n) is 20.1. The van der Waals surface area contributed by atoms with Crippen LogP contribution < -0.4 is 10.6 Å². The number of carbonyl (C=O) groups excluding carboxylic acids is 2. The molecule has 0 fully saturated rings. The number of amides is 2. The molecule has 186 valence electrons. The lowest BCUT2D eigenvalue weighted by Gasteiger charge is -2.22. The van der Waals surface area contributed by atoms with E-state index in [0.29, 0.717) is 33.1 Å². The number of nitrogens with one attached hydrogen (secondary N) is 2. The van der Waals surface area contributed by atoms with E-state index in [1.165, 1.54) is 17.8 Å². The molecule has 0 bridgehead atoms. The van der Waals surface area contributed by atoms with Gasteiger partial charge in [-0.15, -0.1) is 10.2 Å². The largest absolute Gasteiger partial charge is 0.342 e. The van der Waals surface area contributed by atoms with Gasteiger partial charge in [-0.2, -0.15) is 0 Å². The van der Waals surface area contributed by atoms with Crippen molar-refractivity contribution in [2.75, 3.05) is 11.1 Å². The fraction of sp³-hybridized carbons (Fsp3) is 0.360. The highest BCUT2D eigenvalue weighted by Gasteiger charge is 2.26. The minimum atomic E-state index is -0.385. The van der Waals surface area contributed by atoms with Crippen molar-refractivity contribution in [3.8, 4) is 0 Å². The Morgan fingerprint density at radius 3 is 2.46 bits per heavy atom. The van der Waals surface area contributed by atoms with Gasteiger partial charge in [-0.25, -0.2) is 0 Å². The first-order valence-corrected chi connectivity index (χ1v) is 13.2. The lowest BCUT2D eigenvalue weighted by molar-refractivity contribution is -0.113. The van der Waals surface area contributed by atoms with Crippen LogP contribution in [0.25, 0.3) is 0 Å². The van der Waals surface area contributed by atoms with Crippen LogP contribution >= 0.6 is 35.0 Å². The van der Waals surface area contributed by atoms with Crippen molar-refractivity contribution in [2.45, 2.75) is 51.9 Å². The summed E-state index contributed by atoms with van der Waals surface area (Å²) in [7, 11) is 0. The number of hydrogen-bond donors (Lipinski definition) is 2. The Bertz CT molecular complexity index is 1200. The lowest BCUT2D eigenvalue weighted by Crippen LogP contribution is -2.33. The van der Waals surface area contributed by atoms with Gasteiger partial charge in [-0.1, -0.05) is 73.9 Å². The molecule has 0 saturated carbocycles. The minimum Gasteiger partial charge on any atom is -0.342 e. The van der Waals surface area contributed by atoms with Crippen molar-refractivity contribution >= 4 is 52.5 Å². The van der Waals surface area contributed by atoms with Crippen molar-refractivity contribution in [3.63, 3.8) is 0 Å². The highest BCUT2D eigenvalue weighted by atomic mass is 35.5. The molecule has 0 saturated heterocycles. The molecule has 3 aromatic rings. The van der Waals surface area contributed by atoms with Gasteiger partial charge in [0.1, 0.15) is 0 Å². The second-order valence-electron chi connectivity index (χ2n) is 8.26. The number of carbonyl (C=O) groups is 2. The van der Waals surface area contributed by atoms with Crippen LogP contribution in [0.4, 0.5) is 5.69 Å². The number of thioether (sulfide) groups is 1. The van der Waals surface area contributed by atoms with Gasteiger partial charge in [0, 0.05) is 17.8 Å². The highest BCUT2D eigenvalue weighted by Crippen LogP contribution is 2.27. The Hall–Kier alpha value is -2.55. The number of aromatic nitrogens is 3. The molecule has 0 aliphatic rings. The number of rotatable bonds is 10. The molecular weight excluding hydrogens is 505 g/mol. The zero-order valence-corrected chi connectivity index (χ0v) is 22.5. The Balaban J connectivity index is 1.73. The number of benzene rings is 2. The number of halogens is 2. The summed E-state index contributed by atoms with van der Waals surface area (Å²) >= 11 is 13.4. The van der Waals surface area contributed by atoms with Gasteiger partial charge in [-0.3, -0.25) is 9.59 Å². The van der Waals surface area contributed by atoms with Crippen molar-refractivity contribution < 1.29 is 9.59 Å². The van der Waals surface area contributed by atoms with Crippen LogP contribution in [0.5, 0.6) is 0 Å². The van der Waals surface area contributed by atoms with Crippen molar-refractivity contribution in [2.24, 2.45) is 5.92 Å². The summed E-state index contributed by atoms with van der Waals surface area (Å²) in [5, 5.41) is 16.0. The first-order chi connectivity index (χ1) is 16.7. The van der Waals surface area contributed by atoms with E-state index >= 15 is 0 Å². The summed E-state index contributed by atoms with van der Waals surface area (Å²) in [6.07, 6.45) is 0.835. The van der Waals surface area contributed by atoms with Crippen molar-refractivity contribution in [1.82, 2.24) is 20.1 Å². The SMILES string of the molecule is CCc1ccccc1NC(=O)CSc1nnc([C@@H](NC(=O)c2ccc(Cl)c(Cl)c2)C(C)C)n1CC. The van der Waals surface area contributed by atoms with Crippen LogP contribution in [0.3, 0.4) is 0 Å². The second-order valence-corrected chi connectivity index (χ2v) is 10.0. The van der Waals surface area contributed by atoms with Crippen LogP contribution in [0.1, 0.15) is 55.5 Å². The number of aryl methyl sites for hydroxylation is 1. The smallest absolute Gasteiger partial charge is 0.251 e. The molecular formula is C25H29Cl2N5O2S. The molecule has 1 aromatic heterocycles. The van der Waals surface area contributed by atoms with Crippen LogP contribution in [-0.2, 0) is 17.8 Å². The van der Waals surface area contributed by atoms with Gasteiger partial charge in [0.05, 0.1) is 21.8 Å². The predicted molar refractivity (Wildman–Crippen MR) is 142 cm³/mol. The van der Waals surface area contributed by atoms with E-state index in [4.69, 9.17) is 23.2 Å². The average molecular weight is 535 g/mol. The summed E-state index contributed by atoms with van der Waals surface area (Å²) in [6, 6.07) is 12.1. The van der Waals surface area contributed by atoms with Gasteiger partial charge in [0.15, 0.2) is 11.0 Å². The quantitative estimate of drug-likeness (QED) is 0.311.